The van der Waals surface area contributed by atoms with Gasteiger partial charge in [0.1, 0.15) is 0 Å². The van der Waals surface area contributed by atoms with Gasteiger partial charge in [-0.05, 0) is 50.0 Å². The fourth-order valence-electron chi connectivity index (χ4n) is 2.53. The Hall–Kier alpha value is -1.55. The fourth-order valence-corrected chi connectivity index (χ4v) is 2.53. The summed E-state index contributed by atoms with van der Waals surface area (Å²) in [4.78, 5) is 14.2. The lowest BCUT2D eigenvalue weighted by molar-refractivity contribution is -0.116. The van der Waals surface area contributed by atoms with Crippen molar-refractivity contribution in [1.29, 1.82) is 0 Å². The van der Waals surface area contributed by atoms with Gasteiger partial charge in [-0.3, -0.25) is 4.79 Å². The number of nitrogen functional groups attached to an aromatic ring is 1. The van der Waals surface area contributed by atoms with Crippen LogP contribution in [0.1, 0.15) is 26.2 Å². The topological polar surface area (TPSA) is 58.4 Å². The van der Waals surface area contributed by atoms with Gasteiger partial charge in [-0.15, -0.1) is 0 Å². The summed E-state index contributed by atoms with van der Waals surface area (Å²) >= 11 is 0. The predicted octanol–water partition coefficient (Wildman–Crippen LogP) is 2.33. The zero-order chi connectivity index (χ0) is 13.7. The van der Waals surface area contributed by atoms with Crippen LogP contribution in [0.5, 0.6) is 0 Å². The monoisotopic (exact) mass is 261 g/mol. The van der Waals surface area contributed by atoms with Crippen LogP contribution in [-0.2, 0) is 4.79 Å². The molecule has 1 fully saturated rings. The third kappa shape index (κ3) is 4.56. The Morgan fingerprint density at radius 1 is 1.53 bits per heavy atom. The van der Waals surface area contributed by atoms with E-state index < -0.39 is 0 Å². The molecule has 19 heavy (non-hydrogen) atoms. The standard InChI is InChI=1S/C15H23N3O/c1-12-7-9-18(11-12)8-3-6-15(19)17-14-5-2-4-13(16)10-14/h2,4-5,10,12H,3,6-9,11,16H2,1H3,(H,17,19). The number of anilines is 2. The molecule has 0 saturated carbocycles. The predicted molar refractivity (Wildman–Crippen MR) is 78.9 cm³/mol. The Bertz CT molecular complexity index is 433. The van der Waals surface area contributed by atoms with E-state index >= 15 is 0 Å². The van der Waals surface area contributed by atoms with Gasteiger partial charge in [0.05, 0.1) is 0 Å². The van der Waals surface area contributed by atoms with Crippen LogP contribution in [0.4, 0.5) is 11.4 Å². The molecule has 0 radical (unpaired) electrons. The van der Waals surface area contributed by atoms with Gasteiger partial charge in [-0.2, -0.15) is 0 Å². The summed E-state index contributed by atoms with van der Waals surface area (Å²) < 4.78 is 0. The first-order chi connectivity index (χ1) is 9.13. The smallest absolute Gasteiger partial charge is 0.224 e. The number of amides is 1. The average molecular weight is 261 g/mol. The molecule has 4 heteroatoms. The van der Waals surface area contributed by atoms with Crippen LogP contribution in [0.2, 0.25) is 0 Å². The van der Waals surface area contributed by atoms with Crippen molar-refractivity contribution in [3.8, 4) is 0 Å². The van der Waals surface area contributed by atoms with Crippen molar-refractivity contribution in [1.82, 2.24) is 4.90 Å². The Balaban J connectivity index is 1.67. The van der Waals surface area contributed by atoms with Crippen LogP contribution in [0.3, 0.4) is 0 Å². The molecule has 1 amide bonds. The molecule has 0 aliphatic carbocycles. The summed E-state index contributed by atoms with van der Waals surface area (Å²) in [7, 11) is 0. The molecule has 1 unspecified atom stereocenters. The van der Waals surface area contributed by atoms with Gasteiger partial charge in [-0.25, -0.2) is 0 Å². The number of hydrogen-bond acceptors (Lipinski definition) is 3. The lowest BCUT2D eigenvalue weighted by Gasteiger charge is -2.14. The van der Waals surface area contributed by atoms with Crippen LogP contribution in [-0.4, -0.2) is 30.4 Å². The Morgan fingerprint density at radius 2 is 2.37 bits per heavy atom. The molecule has 1 heterocycles. The third-order valence-electron chi connectivity index (χ3n) is 3.56. The zero-order valence-corrected chi connectivity index (χ0v) is 11.6. The van der Waals surface area contributed by atoms with E-state index in [1.165, 1.54) is 19.5 Å². The maximum atomic E-state index is 11.8. The summed E-state index contributed by atoms with van der Waals surface area (Å²) in [5.41, 5.74) is 7.12. The number of rotatable bonds is 5. The number of nitrogens with zero attached hydrogens (tertiary/aromatic N) is 1. The molecular formula is C15H23N3O. The molecule has 4 nitrogen and oxygen atoms in total. The third-order valence-corrected chi connectivity index (χ3v) is 3.56. The second-order valence-corrected chi connectivity index (χ2v) is 5.47. The molecule has 0 bridgehead atoms. The zero-order valence-electron chi connectivity index (χ0n) is 11.6. The number of carbonyl (C=O) groups is 1. The fraction of sp³-hybridized carbons (Fsp3) is 0.533. The van der Waals surface area contributed by atoms with E-state index in [-0.39, 0.29) is 5.91 Å². The van der Waals surface area contributed by atoms with E-state index in [0.29, 0.717) is 12.1 Å². The first-order valence-corrected chi connectivity index (χ1v) is 7.01. The molecule has 0 spiro atoms. The molecule has 1 aliphatic heterocycles. The normalized spacial score (nSPS) is 19.5. The van der Waals surface area contributed by atoms with Crippen LogP contribution in [0, 0.1) is 5.92 Å². The number of carbonyl (C=O) groups excluding carboxylic acids is 1. The van der Waals surface area contributed by atoms with Crippen LogP contribution < -0.4 is 11.1 Å². The molecule has 104 valence electrons. The van der Waals surface area contributed by atoms with E-state index in [1.807, 2.05) is 18.2 Å². The Labute approximate surface area is 115 Å². The molecule has 1 saturated heterocycles. The molecule has 1 aromatic carbocycles. The maximum absolute atomic E-state index is 11.8. The molecule has 0 aromatic heterocycles. The van der Waals surface area contributed by atoms with Gasteiger partial charge in [-0.1, -0.05) is 13.0 Å². The first kappa shape index (κ1) is 13.9. The minimum absolute atomic E-state index is 0.0674. The van der Waals surface area contributed by atoms with Gasteiger partial charge in [0, 0.05) is 24.3 Å². The molecule has 2 rings (SSSR count). The van der Waals surface area contributed by atoms with Gasteiger partial charge in [0.25, 0.3) is 0 Å². The summed E-state index contributed by atoms with van der Waals surface area (Å²) in [6.07, 6.45) is 2.77. The van der Waals surface area contributed by atoms with Gasteiger partial charge < -0.3 is 16.0 Å². The second-order valence-electron chi connectivity index (χ2n) is 5.47. The number of nitrogens with two attached hydrogens (primary N) is 1. The summed E-state index contributed by atoms with van der Waals surface area (Å²) in [5.74, 6) is 0.874. The minimum Gasteiger partial charge on any atom is -0.399 e. The summed E-state index contributed by atoms with van der Waals surface area (Å²) in [6.45, 7) is 5.66. The van der Waals surface area contributed by atoms with E-state index in [0.717, 1.165) is 24.6 Å². The minimum atomic E-state index is 0.0674. The van der Waals surface area contributed by atoms with Crippen LogP contribution in [0.25, 0.3) is 0 Å². The van der Waals surface area contributed by atoms with E-state index in [9.17, 15) is 4.79 Å². The van der Waals surface area contributed by atoms with Gasteiger partial charge in [0.2, 0.25) is 5.91 Å². The summed E-state index contributed by atoms with van der Waals surface area (Å²) in [6, 6.07) is 7.29. The highest BCUT2D eigenvalue weighted by Crippen LogP contribution is 2.16. The number of nitrogens with one attached hydrogen (secondary N) is 1. The number of benzene rings is 1. The SMILES string of the molecule is CC1CCN(CCCC(=O)Nc2cccc(N)c2)C1. The van der Waals surface area contributed by atoms with Crippen molar-refractivity contribution >= 4 is 17.3 Å². The van der Waals surface area contributed by atoms with E-state index in [2.05, 4.69) is 17.1 Å². The summed E-state index contributed by atoms with van der Waals surface area (Å²) in [5, 5.41) is 2.88. The van der Waals surface area contributed by atoms with E-state index in [4.69, 9.17) is 5.73 Å². The van der Waals surface area contributed by atoms with Gasteiger partial charge in [0.15, 0.2) is 0 Å². The van der Waals surface area contributed by atoms with Crippen molar-refractivity contribution in [3.05, 3.63) is 24.3 Å². The van der Waals surface area contributed by atoms with Crippen molar-refractivity contribution in [3.63, 3.8) is 0 Å². The average Bonchev–Trinajstić information content (AvgIpc) is 2.75. The van der Waals surface area contributed by atoms with E-state index in [1.54, 1.807) is 6.07 Å². The Kier molecular flexibility index (Phi) is 4.80. The molecule has 1 aliphatic rings. The van der Waals surface area contributed by atoms with Crippen molar-refractivity contribution < 1.29 is 4.79 Å². The largest absolute Gasteiger partial charge is 0.399 e. The lowest BCUT2D eigenvalue weighted by atomic mass is 10.2. The van der Waals surface area contributed by atoms with Crippen molar-refractivity contribution in [2.24, 2.45) is 5.92 Å². The Morgan fingerprint density at radius 3 is 3.05 bits per heavy atom. The molecular weight excluding hydrogens is 238 g/mol. The quantitative estimate of drug-likeness (QED) is 0.800. The molecule has 3 N–H and O–H groups in total. The number of hydrogen-bond donors (Lipinski definition) is 2. The molecule has 1 atom stereocenters. The first-order valence-electron chi connectivity index (χ1n) is 7.01. The van der Waals surface area contributed by atoms with Crippen molar-refractivity contribution in [2.45, 2.75) is 26.2 Å². The lowest BCUT2D eigenvalue weighted by Crippen LogP contribution is -2.23. The van der Waals surface area contributed by atoms with Crippen LogP contribution >= 0.6 is 0 Å². The number of likely N-dealkylation sites (tertiary alicyclic amines) is 1. The highest BCUT2D eigenvalue weighted by atomic mass is 16.1. The maximum Gasteiger partial charge on any atom is 0.224 e. The molecule has 1 aromatic rings. The highest BCUT2D eigenvalue weighted by Gasteiger charge is 2.17. The highest BCUT2D eigenvalue weighted by molar-refractivity contribution is 5.91. The van der Waals surface area contributed by atoms with Crippen molar-refractivity contribution in [2.75, 3.05) is 30.7 Å². The second kappa shape index (κ2) is 6.57. The van der Waals surface area contributed by atoms with Crippen LogP contribution in [0.15, 0.2) is 24.3 Å². The van der Waals surface area contributed by atoms with Gasteiger partial charge >= 0.3 is 0 Å².